The minimum Gasteiger partial charge on any atom is -0.303 e. The standard InChI is InChI=1S/C13H22N2O2/c1-8-4-3-5-10(9(8)2)14-11-6-7-12(16)15-13(11)17/h8-11,14H,3-7H2,1-2H3,(H,15,16,17). The monoisotopic (exact) mass is 238 g/mol. The molecule has 4 unspecified atom stereocenters. The summed E-state index contributed by atoms with van der Waals surface area (Å²) in [7, 11) is 0. The molecule has 0 aromatic carbocycles. The largest absolute Gasteiger partial charge is 0.303 e. The van der Waals surface area contributed by atoms with Gasteiger partial charge in [0, 0.05) is 12.5 Å². The number of amides is 2. The van der Waals surface area contributed by atoms with Crippen molar-refractivity contribution < 1.29 is 9.59 Å². The highest BCUT2D eigenvalue weighted by atomic mass is 16.2. The van der Waals surface area contributed by atoms with Gasteiger partial charge in [-0.05, 0) is 24.7 Å². The highest BCUT2D eigenvalue weighted by Gasteiger charge is 2.33. The van der Waals surface area contributed by atoms with Crippen LogP contribution in [0, 0.1) is 11.8 Å². The molecule has 4 nitrogen and oxygen atoms in total. The van der Waals surface area contributed by atoms with Gasteiger partial charge in [-0.3, -0.25) is 14.9 Å². The second-order valence-corrected chi connectivity index (χ2v) is 5.54. The summed E-state index contributed by atoms with van der Waals surface area (Å²) in [6, 6.07) is 0.244. The molecule has 17 heavy (non-hydrogen) atoms. The van der Waals surface area contributed by atoms with Crippen LogP contribution >= 0.6 is 0 Å². The number of imide groups is 1. The molecule has 1 aliphatic carbocycles. The number of hydrogen-bond donors (Lipinski definition) is 2. The fraction of sp³-hybridized carbons (Fsp3) is 0.846. The van der Waals surface area contributed by atoms with Crippen molar-refractivity contribution in [1.29, 1.82) is 0 Å². The normalized spacial score (nSPS) is 38.9. The summed E-state index contributed by atoms with van der Waals surface area (Å²) in [5.74, 6) is 1.04. The summed E-state index contributed by atoms with van der Waals surface area (Å²) in [5.41, 5.74) is 0. The first-order valence-electron chi connectivity index (χ1n) is 6.67. The van der Waals surface area contributed by atoms with E-state index >= 15 is 0 Å². The zero-order valence-electron chi connectivity index (χ0n) is 10.7. The predicted octanol–water partition coefficient (Wildman–Crippen LogP) is 1.21. The van der Waals surface area contributed by atoms with E-state index in [0.717, 1.165) is 12.3 Å². The van der Waals surface area contributed by atoms with Gasteiger partial charge in [0.15, 0.2) is 0 Å². The maximum Gasteiger partial charge on any atom is 0.243 e. The molecule has 1 saturated heterocycles. The van der Waals surface area contributed by atoms with E-state index in [2.05, 4.69) is 24.5 Å². The SMILES string of the molecule is CC1CCCC(NC2CCC(=O)NC2=O)C1C. The zero-order chi connectivity index (χ0) is 12.4. The van der Waals surface area contributed by atoms with Crippen molar-refractivity contribution in [3.63, 3.8) is 0 Å². The van der Waals surface area contributed by atoms with Gasteiger partial charge >= 0.3 is 0 Å². The molecule has 2 rings (SSSR count). The van der Waals surface area contributed by atoms with E-state index in [0.29, 0.717) is 24.8 Å². The first-order chi connectivity index (χ1) is 8.08. The Morgan fingerprint density at radius 1 is 1.18 bits per heavy atom. The zero-order valence-corrected chi connectivity index (χ0v) is 10.7. The van der Waals surface area contributed by atoms with Gasteiger partial charge in [-0.2, -0.15) is 0 Å². The number of nitrogens with one attached hydrogen (secondary N) is 2. The Hall–Kier alpha value is -0.900. The fourth-order valence-electron chi connectivity index (χ4n) is 2.93. The van der Waals surface area contributed by atoms with E-state index < -0.39 is 0 Å². The summed E-state index contributed by atoms with van der Waals surface area (Å²) < 4.78 is 0. The minimum absolute atomic E-state index is 0.141. The highest BCUT2D eigenvalue weighted by Crippen LogP contribution is 2.30. The average molecular weight is 238 g/mol. The molecule has 0 radical (unpaired) electrons. The Balaban J connectivity index is 1.91. The van der Waals surface area contributed by atoms with Crippen LogP contribution in [0.15, 0.2) is 0 Å². The lowest BCUT2D eigenvalue weighted by atomic mass is 9.77. The molecular weight excluding hydrogens is 216 g/mol. The topological polar surface area (TPSA) is 58.2 Å². The Bertz CT molecular complexity index is 317. The van der Waals surface area contributed by atoms with Crippen LogP contribution in [0.2, 0.25) is 0 Å². The van der Waals surface area contributed by atoms with Crippen molar-refractivity contribution in [3.05, 3.63) is 0 Å². The molecule has 1 saturated carbocycles. The first-order valence-corrected chi connectivity index (χ1v) is 6.67. The Morgan fingerprint density at radius 3 is 2.65 bits per heavy atom. The molecular formula is C13H22N2O2. The van der Waals surface area contributed by atoms with Crippen LogP contribution in [0.4, 0.5) is 0 Å². The second kappa shape index (κ2) is 5.17. The summed E-state index contributed by atoms with van der Waals surface area (Å²) in [4.78, 5) is 22.7. The van der Waals surface area contributed by atoms with Gasteiger partial charge in [0.05, 0.1) is 6.04 Å². The number of carbonyl (C=O) groups is 2. The molecule has 0 aromatic rings. The molecule has 0 bridgehead atoms. The lowest BCUT2D eigenvalue weighted by molar-refractivity contribution is -0.135. The average Bonchev–Trinajstić information content (AvgIpc) is 2.28. The van der Waals surface area contributed by atoms with Crippen LogP contribution in [0.5, 0.6) is 0 Å². The van der Waals surface area contributed by atoms with Crippen LogP contribution in [-0.2, 0) is 9.59 Å². The van der Waals surface area contributed by atoms with Gasteiger partial charge < -0.3 is 5.32 Å². The Morgan fingerprint density at radius 2 is 1.94 bits per heavy atom. The van der Waals surface area contributed by atoms with Crippen LogP contribution in [-0.4, -0.2) is 23.9 Å². The molecule has 2 amide bonds. The lowest BCUT2D eigenvalue weighted by Gasteiger charge is -2.37. The van der Waals surface area contributed by atoms with Crippen LogP contribution < -0.4 is 10.6 Å². The summed E-state index contributed by atoms with van der Waals surface area (Å²) in [6.45, 7) is 4.54. The van der Waals surface area contributed by atoms with Crippen molar-refractivity contribution in [3.8, 4) is 0 Å². The molecule has 0 spiro atoms. The quantitative estimate of drug-likeness (QED) is 0.711. The third-order valence-corrected chi connectivity index (χ3v) is 4.36. The lowest BCUT2D eigenvalue weighted by Crippen LogP contribution is -2.55. The molecule has 96 valence electrons. The number of carbonyl (C=O) groups excluding carboxylic acids is 2. The predicted molar refractivity (Wildman–Crippen MR) is 65.3 cm³/mol. The first kappa shape index (κ1) is 12.6. The van der Waals surface area contributed by atoms with E-state index in [1.165, 1.54) is 12.8 Å². The minimum atomic E-state index is -0.176. The van der Waals surface area contributed by atoms with Crippen molar-refractivity contribution in [1.82, 2.24) is 10.6 Å². The third kappa shape index (κ3) is 2.86. The Labute approximate surface area is 103 Å². The van der Waals surface area contributed by atoms with Crippen molar-refractivity contribution in [2.75, 3.05) is 0 Å². The summed E-state index contributed by atoms with van der Waals surface area (Å²) >= 11 is 0. The van der Waals surface area contributed by atoms with Crippen molar-refractivity contribution in [2.24, 2.45) is 11.8 Å². The highest BCUT2D eigenvalue weighted by molar-refractivity contribution is 6.00. The van der Waals surface area contributed by atoms with E-state index in [1.54, 1.807) is 0 Å². The van der Waals surface area contributed by atoms with E-state index in [-0.39, 0.29) is 17.9 Å². The van der Waals surface area contributed by atoms with Gasteiger partial charge in [0.2, 0.25) is 11.8 Å². The summed E-state index contributed by atoms with van der Waals surface area (Å²) in [6.07, 6.45) is 4.76. The molecule has 2 N–H and O–H groups in total. The smallest absolute Gasteiger partial charge is 0.243 e. The third-order valence-electron chi connectivity index (χ3n) is 4.36. The van der Waals surface area contributed by atoms with Gasteiger partial charge in [-0.1, -0.05) is 26.7 Å². The molecule has 2 aliphatic rings. The van der Waals surface area contributed by atoms with Crippen LogP contribution in [0.3, 0.4) is 0 Å². The van der Waals surface area contributed by atoms with Crippen LogP contribution in [0.1, 0.15) is 46.0 Å². The Kier molecular flexibility index (Phi) is 3.82. The van der Waals surface area contributed by atoms with Gasteiger partial charge in [0.1, 0.15) is 0 Å². The van der Waals surface area contributed by atoms with E-state index in [9.17, 15) is 9.59 Å². The number of rotatable bonds is 2. The van der Waals surface area contributed by atoms with Gasteiger partial charge in [0.25, 0.3) is 0 Å². The van der Waals surface area contributed by atoms with Gasteiger partial charge in [-0.15, -0.1) is 0 Å². The summed E-state index contributed by atoms with van der Waals surface area (Å²) in [5, 5.41) is 5.85. The molecule has 1 aliphatic heterocycles. The maximum atomic E-state index is 11.7. The molecule has 4 atom stereocenters. The van der Waals surface area contributed by atoms with Crippen molar-refractivity contribution in [2.45, 2.75) is 58.0 Å². The maximum absolute atomic E-state index is 11.7. The number of hydrogen-bond acceptors (Lipinski definition) is 3. The fourth-order valence-corrected chi connectivity index (χ4v) is 2.93. The molecule has 4 heteroatoms. The second-order valence-electron chi connectivity index (χ2n) is 5.54. The molecule has 2 fully saturated rings. The van der Waals surface area contributed by atoms with Crippen molar-refractivity contribution >= 4 is 11.8 Å². The molecule has 0 aromatic heterocycles. The van der Waals surface area contributed by atoms with Crippen LogP contribution in [0.25, 0.3) is 0 Å². The van der Waals surface area contributed by atoms with E-state index in [4.69, 9.17) is 0 Å². The van der Waals surface area contributed by atoms with E-state index in [1.807, 2.05) is 0 Å². The molecule has 1 heterocycles. The number of piperidine rings is 1. The van der Waals surface area contributed by atoms with Gasteiger partial charge in [-0.25, -0.2) is 0 Å².